The topological polar surface area (TPSA) is 46.3 Å². The number of amides is 1. The molecule has 1 heterocycles. The average molecular weight is 194 g/mol. The molecule has 78 valence electrons. The minimum Gasteiger partial charge on any atom is -0.341 e. The van der Waals surface area contributed by atoms with Crippen molar-refractivity contribution >= 4 is 5.91 Å². The smallest absolute Gasteiger partial charge is 0.223 e. The van der Waals surface area contributed by atoms with Gasteiger partial charge in [0, 0.05) is 25.4 Å². The summed E-state index contributed by atoms with van der Waals surface area (Å²) < 4.78 is 0. The molecular weight excluding hydrogens is 176 g/mol. The van der Waals surface area contributed by atoms with Gasteiger partial charge in [0.15, 0.2) is 0 Å². The van der Waals surface area contributed by atoms with E-state index in [1.165, 1.54) is 0 Å². The first kappa shape index (κ1) is 11.1. The van der Waals surface area contributed by atoms with Gasteiger partial charge < -0.3 is 10.6 Å². The van der Waals surface area contributed by atoms with Crippen LogP contribution < -0.4 is 5.73 Å². The maximum absolute atomic E-state index is 11.5. The highest BCUT2D eigenvalue weighted by Gasteiger charge is 2.31. The van der Waals surface area contributed by atoms with Gasteiger partial charge in [0.2, 0.25) is 5.91 Å². The summed E-state index contributed by atoms with van der Waals surface area (Å²) in [6, 6.07) is 0. The quantitative estimate of drug-likeness (QED) is 0.663. The lowest BCUT2D eigenvalue weighted by Crippen LogP contribution is -2.39. The fourth-order valence-electron chi connectivity index (χ4n) is 1.62. The minimum absolute atomic E-state index is 0.0147. The van der Waals surface area contributed by atoms with Gasteiger partial charge in [-0.3, -0.25) is 4.79 Å². The summed E-state index contributed by atoms with van der Waals surface area (Å²) in [5, 5.41) is 0. The van der Waals surface area contributed by atoms with Crippen molar-refractivity contribution in [1.29, 1.82) is 0 Å². The van der Waals surface area contributed by atoms with Crippen LogP contribution in [0.1, 0.15) is 20.3 Å². The summed E-state index contributed by atoms with van der Waals surface area (Å²) in [6.45, 7) is 6.10. The van der Waals surface area contributed by atoms with Crippen molar-refractivity contribution in [3.8, 4) is 12.3 Å². The van der Waals surface area contributed by atoms with Gasteiger partial charge in [-0.1, -0.05) is 13.8 Å². The van der Waals surface area contributed by atoms with Crippen molar-refractivity contribution in [2.24, 2.45) is 17.1 Å². The van der Waals surface area contributed by atoms with Crippen molar-refractivity contribution < 1.29 is 4.79 Å². The van der Waals surface area contributed by atoms with E-state index in [0.717, 1.165) is 0 Å². The monoisotopic (exact) mass is 194 g/mol. The number of nitrogens with zero attached hydrogens (tertiary/aromatic N) is 1. The molecule has 1 saturated heterocycles. The van der Waals surface area contributed by atoms with E-state index in [9.17, 15) is 4.79 Å². The Labute approximate surface area is 85.6 Å². The summed E-state index contributed by atoms with van der Waals surface area (Å²) in [4.78, 5) is 13.4. The molecule has 0 aliphatic carbocycles. The number of carbonyl (C=O) groups is 1. The van der Waals surface area contributed by atoms with Gasteiger partial charge in [0.25, 0.3) is 0 Å². The first-order chi connectivity index (χ1) is 6.48. The van der Waals surface area contributed by atoms with Gasteiger partial charge in [0.05, 0.1) is 0 Å². The average Bonchev–Trinajstić information content (AvgIpc) is 2.47. The molecular formula is C11H18N2O. The van der Waals surface area contributed by atoms with Gasteiger partial charge in [0.1, 0.15) is 0 Å². The van der Waals surface area contributed by atoms with Gasteiger partial charge >= 0.3 is 0 Å². The van der Waals surface area contributed by atoms with Crippen LogP contribution in [0.3, 0.4) is 0 Å². The molecule has 1 aliphatic heterocycles. The van der Waals surface area contributed by atoms with E-state index in [-0.39, 0.29) is 17.2 Å². The number of nitrogens with two attached hydrogens (primary N) is 1. The number of hydrogen-bond acceptors (Lipinski definition) is 2. The molecule has 3 heteroatoms. The van der Waals surface area contributed by atoms with E-state index in [0.29, 0.717) is 26.1 Å². The zero-order valence-corrected chi connectivity index (χ0v) is 8.92. The van der Waals surface area contributed by atoms with E-state index in [4.69, 9.17) is 12.2 Å². The molecule has 2 N–H and O–H groups in total. The number of terminal acetylenes is 1. The molecule has 0 aromatic rings. The van der Waals surface area contributed by atoms with E-state index >= 15 is 0 Å². The third-order valence-corrected chi connectivity index (χ3v) is 2.62. The summed E-state index contributed by atoms with van der Waals surface area (Å²) in [6.07, 6.45) is 5.80. The minimum atomic E-state index is -0.0147. The van der Waals surface area contributed by atoms with Crippen LogP contribution in [0.25, 0.3) is 0 Å². The molecule has 0 saturated carbocycles. The lowest BCUT2D eigenvalue weighted by Gasteiger charge is -2.28. The van der Waals surface area contributed by atoms with Gasteiger partial charge in [-0.2, -0.15) is 0 Å². The summed E-state index contributed by atoms with van der Waals surface area (Å²) >= 11 is 0. The highest BCUT2D eigenvalue weighted by molar-refractivity contribution is 5.79. The lowest BCUT2D eigenvalue weighted by atomic mass is 9.93. The first-order valence-electron chi connectivity index (χ1n) is 4.92. The largest absolute Gasteiger partial charge is 0.341 e. The Morgan fingerprint density at radius 2 is 2.36 bits per heavy atom. The predicted molar refractivity (Wildman–Crippen MR) is 56.4 cm³/mol. The Kier molecular flexibility index (Phi) is 3.17. The zero-order chi connectivity index (χ0) is 10.8. The molecule has 1 aliphatic rings. The molecule has 1 amide bonds. The Morgan fingerprint density at radius 1 is 1.71 bits per heavy atom. The van der Waals surface area contributed by atoms with Crippen LogP contribution in [0.4, 0.5) is 0 Å². The second-order valence-electron chi connectivity index (χ2n) is 4.71. The Balaban J connectivity index is 2.56. The molecule has 0 aromatic carbocycles. The second kappa shape index (κ2) is 4.02. The van der Waals surface area contributed by atoms with Crippen LogP contribution in [-0.2, 0) is 4.79 Å². The standard InChI is InChI=1S/C11H18N2O/c1-4-9-5-10(14)13(6-9)8-11(2,3)7-12/h1,9H,5-8,12H2,2-3H3. The van der Waals surface area contributed by atoms with Gasteiger partial charge in [-0.15, -0.1) is 12.3 Å². The molecule has 0 bridgehead atoms. The molecule has 1 fully saturated rings. The van der Waals surface area contributed by atoms with Crippen LogP contribution in [0.5, 0.6) is 0 Å². The summed E-state index contributed by atoms with van der Waals surface area (Å²) in [7, 11) is 0. The van der Waals surface area contributed by atoms with Gasteiger partial charge in [-0.05, 0) is 12.0 Å². The molecule has 3 nitrogen and oxygen atoms in total. The van der Waals surface area contributed by atoms with Crippen LogP contribution in [0.2, 0.25) is 0 Å². The molecule has 1 unspecified atom stereocenters. The van der Waals surface area contributed by atoms with Crippen molar-refractivity contribution in [3.05, 3.63) is 0 Å². The summed E-state index contributed by atoms with van der Waals surface area (Å²) in [5.41, 5.74) is 5.60. The summed E-state index contributed by atoms with van der Waals surface area (Å²) in [5.74, 6) is 2.89. The van der Waals surface area contributed by atoms with Crippen molar-refractivity contribution in [2.45, 2.75) is 20.3 Å². The number of hydrogen-bond donors (Lipinski definition) is 1. The van der Waals surface area contributed by atoms with Crippen molar-refractivity contribution in [3.63, 3.8) is 0 Å². The highest BCUT2D eigenvalue weighted by atomic mass is 16.2. The zero-order valence-electron chi connectivity index (χ0n) is 8.92. The third kappa shape index (κ3) is 2.49. The van der Waals surface area contributed by atoms with E-state index in [1.54, 1.807) is 0 Å². The SMILES string of the molecule is C#CC1CC(=O)N(CC(C)(C)CN)C1. The maximum atomic E-state index is 11.5. The molecule has 0 radical (unpaired) electrons. The Morgan fingerprint density at radius 3 is 2.79 bits per heavy atom. The van der Waals surface area contributed by atoms with Crippen LogP contribution in [-0.4, -0.2) is 30.4 Å². The maximum Gasteiger partial charge on any atom is 0.223 e. The number of carbonyl (C=O) groups excluding carboxylic acids is 1. The van der Waals surface area contributed by atoms with Crippen LogP contribution >= 0.6 is 0 Å². The fraction of sp³-hybridized carbons (Fsp3) is 0.727. The predicted octanol–water partition coefficient (Wildman–Crippen LogP) is 0.453. The first-order valence-corrected chi connectivity index (χ1v) is 4.92. The van der Waals surface area contributed by atoms with Crippen molar-refractivity contribution in [2.75, 3.05) is 19.6 Å². The number of rotatable bonds is 3. The Hall–Kier alpha value is -1.01. The third-order valence-electron chi connectivity index (χ3n) is 2.62. The normalized spacial score (nSPS) is 22.6. The molecule has 0 aromatic heterocycles. The molecule has 0 spiro atoms. The molecule has 1 rings (SSSR count). The fourth-order valence-corrected chi connectivity index (χ4v) is 1.62. The van der Waals surface area contributed by atoms with Crippen LogP contribution in [0, 0.1) is 23.7 Å². The van der Waals surface area contributed by atoms with Crippen molar-refractivity contribution in [1.82, 2.24) is 4.90 Å². The van der Waals surface area contributed by atoms with E-state index in [2.05, 4.69) is 19.8 Å². The molecule has 14 heavy (non-hydrogen) atoms. The second-order valence-corrected chi connectivity index (χ2v) is 4.71. The van der Waals surface area contributed by atoms with Crippen LogP contribution in [0.15, 0.2) is 0 Å². The molecule has 1 atom stereocenters. The number of likely N-dealkylation sites (tertiary alicyclic amines) is 1. The lowest BCUT2D eigenvalue weighted by molar-refractivity contribution is -0.128. The highest BCUT2D eigenvalue weighted by Crippen LogP contribution is 2.22. The van der Waals surface area contributed by atoms with E-state index in [1.807, 2.05) is 4.90 Å². The van der Waals surface area contributed by atoms with E-state index < -0.39 is 0 Å². The van der Waals surface area contributed by atoms with Gasteiger partial charge in [-0.25, -0.2) is 0 Å². The Bertz CT molecular complexity index is 265.